The highest BCUT2D eigenvalue weighted by molar-refractivity contribution is 7.11. The summed E-state index contributed by atoms with van der Waals surface area (Å²) in [6.45, 7) is 1.99. The molecule has 0 saturated heterocycles. The van der Waals surface area contributed by atoms with Gasteiger partial charge in [-0.05, 0) is 56.5 Å². The van der Waals surface area contributed by atoms with Crippen LogP contribution in [0.15, 0.2) is 30.3 Å². The molecule has 1 aliphatic carbocycles. The first-order valence-electron chi connectivity index (χ1n) is 8.18. The lowest BCUT2D eigenvalue weighted by atomic mass is 9.97. The lowest BCUT2D eigenvalue weighted by Gasteiger charge is -2.21. The smallest absolute Gasteiger partial charge is 0.269 e. The molecule has 0 saturated carbocycles. The number of carbonyl (C=O) groups is 1. The number of amides is 1. The van der Waals surface area contributed by atoms with Crippen LogP contribution in [-0.4, -0.2) is 21.1 Å². The highest BCUT2D eigenvalue weighted by Crippen LogP contribution is 2.33. The zero-order chi connectivity index (χ0) is 17.4. The minimum absolute atomic E-state index is 0.0567. The lowest BCUT2D eigenvalue weighted by molar-refractivity contribution is 0.0927. The van der Waals surface area contributed by atoms with E-state index in [-0.39, 0.29) is 17.8 Å². The molecule has 3 aromatic rings. The van der Waals surface area contributed by atoms with Gasteiger partial charge in [-0.3, -0.25) is 9.89 Å². The normalized spacial score (nSPS) is 16.5. The van der Waals surface area contributed by atoms with Crippen LogP contribution in [0.1, 0.15) is 45.0 Å². The molecule has 7 heteroatoms. The van der Waals surface area contributed by atoms with Gasteiger partial charge in [0.15, 0.2) is 0 Å². The van der Waals surface area contributed by atoms with Crippen LogP contribution >= 0.6 is 11.3 Å². The molecule has 25 heavy (non-hydrogen) atoms. The summed E-state index contributed by atoms with van der Waals surface area (Å²) in [5.74, 6) is -0.506. The molecule has 2 N–H and O–H groups in total. The van der Waals surface area contributed by atoms with Gasteiger partial charge < -0.3 is 5.32 Å². The first-order valence-corrected chi connectivity index (χ1v) is 9.00. The van der Waals surface area contributed by atoms with Gasteiger partial charge in [0.2, 0.25) is 0 Å². The highest BCUT2D eigenvalue weighted by atomic mass is 32.1. The third-order valence-corrected chi connectivity index (χ3v) is 5.38. The zero-order valence-corrected chi connectivity index (χ0v) is 14.5. The maximum absolute atomic E-state index is 13.0. The number of thiazole rings is 1. The van der Waals surface area contributed by atoms with E-state index >= 15 is 0 Å². The zero-order valence-electron chi connectivity index (χ0n) is 13.7. The van der Waals surface area contributed by atoms with Crippen LogP contribution < -0.4 is 5.32 Å². The molecule has 1 atom stereocenters. The van der Waals surface area contributed by atoms with Crippen molar-refractivity contribution in [1.82, 2.24) is 20.5 Å². The van der Waals surface area contributed by atoms with Crippen molar-refractivity contribution in [3.05, 3.63) is 57.4 Å². The third kappa shape index (κ3) is 3.19. The molecule has 0 radical (unpaired) electrons. The van der Waals surface area contributed by atoms with Crippen molar-refractivity contribution in [2.75, 3.05) is 0 Å². The molecule has 1 amide bonds. The molecule has 0 fully saturated rings. The summed E-state index contributed by atoms with van der Waals surface area (Å²) < 4.78 is 13.0. The topological polar surface area (TPSA) is 70.7 Å². The molecular weight excluding hydrogens is 339 g/mol. The molecule has 0 bridgehead atoms. The number of H-pyrrole nitrogens is 1. The Hall–Kier alpha value is -2.54. The summed E-state index contributed by atoms with van der Waals surface area (Å²) in [6.07, 6.45) is 2.97. The summed E-state index contributed by atoms with van der Waals surface area (Å²) in [6, 6.07) is 7.64. The van der Waals surface area contributed by atoms with E-state index in [0.29, 0.717) is 11.4 Å². The van der Waals surface area contributed by atoms with Crippen LogP contribution in [0.2, 0.25) is 0 Å². The van der Waals surface area contributed by atoms with Crippen LogP contribution in [0.4, 0.5) is 4.39 Å². The van der Waals surface area contributed by atoms with Crippen LogP contribution in [0.25, 0.3) is 11.3 Å². The minimum Gasteiger partial charge on any atom is -0.342 e. The van der Waals surface area contributed by atoms with Crippen molar-refractivity contribution < 1.29 is 9.18 Å². The largest absolute Gasteiger partial charge is 0.342 e. The van der Waals surface area contributed by atoms with E-state index in [1.807, 2.05) is 6.92 Å². The first kappa shape index (κ1) is 16.0. The van der Waals surface area contributed by atoms with Crippen molar-refractivity contribution in [2.24, 2.45) is 0 Å². The van der Waals surface area contributed by atoms with E-state index in [0.717, 1.165) is 35.5 Å². The molecule has 1 aliphatic rings. The van der Waals surface area contributed by atoms with E-state index in [1.165, 1.54) is 17.0 Å². The number of aryl methyl sites for hydroxylation is 2. The Balaban J connectivity index is 1.52. The summed E-state index contributed by atoms with van der Waals surface area (Å²) >= 11 is 1.71. The minimum atomic E-state index is -0.302. The van der Waals surface area contributed by atoms with Gasteiger partial charge in [0.05, 0.1) is 22.4 Å². The summed E-state index contributed by atoms with van der Waals surface area (Å²) in [5.41, 5.74) is 2.75. The number of aromatic nitrogens is 3. The highest BCUT2D eigenvalue weighted by Gasteiger charge is 2.26. The number of hydrogen-bond acceptors (Lipinski definition) is 4. The van der Waals surface area contributed by atoms with Gasteiger partial charge in [-0.15, -0.1) is 11.3 Å². The Kier molecular flexibility index (Phi) is 4.09. The molecule has 1 aromatic carbocycles. The molecule has 128 valence electrons. The number of fused-ring (bicyclic) bond motifs is 1. The molecule has 5 nitrogen and oxygen atoms in total. The van der Waals surface area contributed by atoms with E-state index in [9.17, 15) is 9.18 Å². The van der Waals surface area contributed by atoms with Crippen LogP contribution in [0.3, 0.4) is 0 Å². The van der Waals surface area contributed by atoms with Gasteiger partial charge in [0, 0.05) is 10.4 Å². The lowest BCUT2D eigenvalue weighted by Crippen LogP contribution is -2.31. The molecule has 0 spiro atoms. The number of carbonyl (C=O) groups excluding carboxylic acids is 1. The van der Waals surface area contributed by atoms with E-state index in [4.69, 9.17) is 0 Å². The Morgan fingerprint density at radius 2 is 2.16 bits per heavy atom. The Labute approximate surface area is 148 Å². The Morgan fingerprint density at radius 1 is 1.36 bits per heavy atom. The summed E-state index contributed by atoms with van der Waals surface area (Å²) in [4.78, 5) is 18.4. The number of nitrogens with one attached hydrogen (secondary N) is 2. The summed E-state index contributed by atoms with van der Waals surface area (Å²) in [5, 5.41) is 11.0. The fourth-order valence-corrected chi connectivity index (χ4v) is 4.16. The fourth-order valence-electron chi connectivity index (χ4n) is 3.12. The standard InChI is InChI=1S/C18H17FN4OS/c1-10-20-17-13(3-2-4-16(17)25-10)21-18(24)15-9-14(22-23-15)11-5-7-12(19)8-6-11/h5-9,13H,2-4H2,1H3,(H,21,24)(H,22,23). The van der Waals surface area contributed by atoms with Crippen molar-refractivity contribution in [3.8, 4) is 11.3 Å². The van der Waals surface area contributed by atoms with E-state index in [2.05, 4.69) is 20.5 Å². The predicted molar refractivity (Wildman–Crippen MR) is 94.0 cm³/mol. The maximum Gasteiger partial charge on any atom is 0.269 e. The molecule has 0 aliphatic heterocycles. The molecular formula is C18H17FN4OS. The van der Waals surface area contributed by atoms with Crippen LogP contribution in [0, 0.1) is 12.7 Å². The van der Waals surface area contributed by atoms with Gasteiger partial charge in [-0.1, -0.05) is 0 Å². The van der Waals surface area contributed by atoms with Gasteiger partial charge in [0.1, 0.15) is 11.5 Å². The molecule has 4 rings (SSSR count). The Bertz CT molecular complexity index is 916. The number of halogens is 1. The average Bonchev–Trinajstić information content (AvgIpc) is 3.22. The number of rotatable bonds is 3. The van der Waals surface area contributed by atoms with E-state index < -0.39 is 0 Å². The molecule has 2 heterocycles. The van der Waals surface area contributed by atoms with Gasteiger partial charge in [0.25, 0.3) is 5.91 Å². The van der Waals surface area contributed by atoms with Crippen molar-refractivity contribution in [3.63, 3.8) is 0 Å². The van der Waals surface area contributed by atoms with Crippen LogP contribution in [0.5, 0.6) is 0 Å². The predicted octanol–water partition coefficient (Wildman–Crippen LogP) is 3.79. The van der Waals surface area contributed by atoms with Gasteiger partial charge in [-0.2, -0.15) is 5.10 Å². The number of aromatic amines is 1. The average molecular weight is 356 g/mol. The van der Waals surface area contributed by atoms with Crippen molar-refractivity contribution in [1.29, 1.82) is 0 Å². The number of nitrogens with zero attached hydrogens (tertiary/aromatic N) is 2. The number of benzene rings is 1. The first-order chi connectivity index (χ1) is 12.1. The fraction of sp³-hybridized carbons (Fsp3) is 0.278. The summed E-state index contributed by atoms with van der Waals surface area (Å²) in [7, 11) is 0. The maximum atomic E-state index is 13.0. The number of hydrogen-bond donors (Lipinski definition) is 2. The second-order valence-electron chi connectivity index (χ2n) is 6.13. The second-order valence-corrected chi connectivity index (χ2v) is 7.42. The van der Waals surface area contributed by atoms with Gasteiger partial charge >= 0.3 is 0 Å². The molecule has 1 unspecified atom stereocenters. The monoisotopic (exact) mass is 356 g/mol. The Morgan fingerprint density at radius 3 is 2.96 bits per heavy atom. The SMILES string of the molecule is Cc1nc2c(s1)CCCC2NC(=O)c1cc(-c2ccc(F)cc2)n[nH]1. The van der Waals surface area contributed by atoms with Gasteiger partial charge in [-0.25, -0.2) is 9.37 Å². The third-order valence-electron chi connectivity index (χ3n) is 4.33. The quantitative estimate of drug-likeness (QED) is 0.750. The molecule has 2 aromatic heterocycles. The van der Waals surface area contributed by atoms with E-state index in [1.54, 1.807) is 29.5 Å². The van der Waals surface area contributed by atoms with Crippen LogP contribution in [-0.2, 0) is 6.42 Å². The van der Waals surface area contributed by atoms with Crippen molar-refractivity contribution >= 4 is 17.2 Å². The second kappa shape index (κ2) is 6.40. The van der Waals surface area contributed by atoms with Crippen molar-refractivity contribution in [2.45, 2.75) is 32.2 Å².